The predicted octanol–water partition coefficient (Wildman–Crippen LogP) is -0.150. The molecule has 4 N–H and O–H groups in total. The summed E-state index contributed by atoms with van der Waals surface area (Å²) in [6, 6.07) is 0. The summed E-state index contributed by atoms with van der Waals surface area (Å²) in [6.45, 7) is 2.40. The molecule has 5 nitrogen and oxygen atoms in total. The smallest absolute Gasteiger partial charge is 0.396 e. The van der Waals surface area contributed by atoms with E-state index in [1.54, 1.807) is 0 Å². The van der Waals surface area contributed by atoms with Gasteiger partial charge in [-0.05, 0) is 6.42 Å². The Labute approximate surface area is 59.6 Å². The van der Waals surface area contributed by atoms with Crippen molar-refractivity contribution in [1.29, 1.82) is 0 Å². The zero-order valence-electron chi connectivity index (χ0n) is 5.77. The molecule has 0 saturated carbocycles. The summed E-state index contributed by atoms with van der Waals surface area (Å²) in [7, 11) is -4.64. The molecule has 0 aliphatic heterocycles. The van der Waals surface area contributed by atoms with Crippen molar-refractivity contribution in [2.24, 2.45) is 0 Å². The van der Waals surface area contributed by atoms with Gasteiger partial charge in [0, 0.05) is 6.61 Å². The summed E-state index contributed by atoms with van der Waals surface area (Å²) in [6.07, 6.45) is 2.04. The van der Waals surface area contributed by atoms with E-state index in [-0.39, 0.29) is 0 Å². The van der Waals surface area contributed by atoms with Crippen molar-refractivity contribution in [2.75, 3.05) is 6.61 Å². The lowest BCUT2D eigenvalue weighted by molar-refractivity contribution is 0.275. The molecule has 0 heterocycles. The Morgan fingerprint density at radius 2 is 1.60 bits per heavy atom. The maximum Gasteiger partial charge on any atom is 0.466 e. The molecule has 0 aliphatic rings. The van der Waals surface area contributed by atoms with E-state index in [9.17, 15) is 0 Å². The Morgan fingerprint density at radius 1 is 1.30 bits per heavy atom. The van der Waals surface area contributed by atoms with E-state index in [0.717, 1.165) is 12.8 Å². The summed E-state index contributed by atoms with van der Waals surface area (Å²) in [5, 5.41) is 8.07. The molecule has 64 valence electrons. The summed E-state index contributed by atoms with van der Waals surface area (Å²) in [5.74, 6) is 0. The maximum absolute atomic E-state index is 8.88. The first-order valence-electron chi connectivity index (χ1n) is 2.81. The van der Waals surface area contributed by atoms with Crippen LogP contribution in [0, 0.1) is 0 Å². The number of aliphatic hydroxyl groups is 1. The number of hydrogen-bond acceptors (Lipinski definition) is 2. The van der Waals surface area contributed by atoms with Crippen LogP contribution in [0.25, 0.3) is 0 Å². The standard InChI is InChI=1S/C4H10O.H3O4P/c1-2-3-4-5;1-5(2,3)4/h5H,2-4H2,1H3;(H3,1,2,3,4). The van der Waals surface area contributed by atoms with Gasteiger partial charge < -0.3 is 19.8 Å². The summed E-state index contributed by atoms with van der Waals surface area (Å²) in [4.78, 5) is 21.6. The predicted molar refractivity (Wildman–Crippen MR) is 36.3 cm³/mol. The summed E-state index contributed by atoms with van der Waals surface area (Å²) >= 11 is 0. The minimum absolute atomic E-state index is 0.344. The van der Waals surface area contributed by atoms with Gasteiger partial charge >= 0.3 is 7.82 Å². The molecule has 0 rings (SSSR count). The molecule has 0 aromatic heterocycles. The van der Waals surface area contributed by atoms with Crippen LogP contribution in [-0.4, -0.2) is 26.4 Å². The lowest BCUT2D eigenvalue weighted by atomic mass is 10.4. The first kappa shape index (κ1) is 12.7. The lowest BCUT2D eigenvalue weighted by Crippen LogP contribution is -1.75. The van der Waals surface area contributed by atoms with Crippen LogP contribution in [0.4, 0.5) is 0 Å². The molecule has 0 bridgehead atoms. The molecule has 0 amide bonds. The van der Waals surface area contributed by atoms with Crippen molar-refractivity contribution in [1.82, 2.24) is 0 Å². The second-order valence-corrected chi connectivity index (χ2v) is 2.62. The first-order valence-corrected chi connectivity index (χ1v) is 4.37. The van der Waals surface area contributed by atoms with E-state index >= 15 is 0 Å². The summed E-state index contributed by atoms with van der Waals surface area (Å²) in [5.41, 5.74) is 0. The van der Waals surface area contributed by atoms with Gasteiger partial charge in [0.2, 0.25) is 0 Å². The number of rotatable bonds is 2. The number of unbranched alkanes of at least 4 members (excludes halogenated alkanes) is 1. The normalized spacial score (nSPS) is 10.1. The molecular weight excluding hydrogens is 159 g/mol. The molecule has 0 atom stereocenters. The molecule has 10 heavy (non-hydrogen) atoms. The van der Waals surface area contributed by atoms with Crippen LogP contribution in [0.1, 0.15) is 19.8 Å². The molecule has 0 unspecified atom stereocenters. The number of aliphatic hydroxyl groups excluding tert-OH is 1. The average molecular weight is 172 g/mol. The highest BCUT2D eigenvalue weighted by Gasteiger charge is 2.00. The maximum atomic E-state index is 8.88. The van der Waals surface area contributed by atoms with Crippen LogP contribution >= 0.6 is 7.82 Å². The van der Waals surface area contributed by atoms with Crippen LogP contribution < -0.4 is 0 Å². The van der Waals surface area contributed by atoms with Crippen molar-refractivity contribution in [3.8, 4) is 0 Å². The largest absolute Gasteiger partial charge is 0.466 e. The quantitative estimate of drug-likeness (QED) is 0.434. The van der Waals surface area contributed by atoms with Gasteiger partial charge in [-0.1, -0.05) is 13.3 Å². The van der Waals surface area contributed by atoms with Crippen molar-refractivity contribution in [2.45, 2.75) is 19.8 Å². The van der Waals surface area contributed by atoms with E-state index in [1.165, 1.54) is 0 Å². The molecule has 0 aliphatic carbocycles. The van der Waals surface area contributed by atoms with Crippen LogP contribution in [0.3, 0.4) is 0 Å². The zero-order valence-corrected chi connectivity index (χ0v) is 6.66. The molecule has 0 fully saturated rings. The van der Waals surface area contributed by atoms with Crippen LogP contribution in [0.15, 0.2) is 0 Å². The summed E-state index contributed by atoms with van der Waals surface area (Å²) < 4.78 is 8.88. The van der Waals surface area contributed by atoms with Gasteiger partial charge in [-0.2, -0.15) is 0 Å². The van der Waals surface area contributed by atoms with Gasteiger partial charge in [0.15, 0.2) is 0 Å². The van der Waals surface area contributed by atoms with Crippen LogP contribution in [-0.2, 0) is 4.57 Å². The molecule has 0 radical (unpaired) electrons. The minimum atomic E-state index is -4.64. The Hall–Kier alpha value is 0.0700. The number of phosphoric acid groups is 1. The zero-order chi connectivity index (χ0) is 8.62. The highest BCUT2D eigenvalue weighted by molar-refractivity contribution is 7.45. The molecule has 0 aromatic carbocycles. The van der Waals surface area contributed by atoms with E-state index in [4.69, 9.17) is 24.4 Å². The molecule has 0 saturated heterocycles. The molecule has 6 heteroatoms. The fraction of sp³-hybridized carbons (Fsp3) is 1.00. The Balaban J connectivity index is 0. The van der Waals surface area contributed by atoms with Crippen molar-refractivity contribution in [3.05, 3.63) is 0 Å². The highest BCUT2D eigenvalue weighted by Crippen LogP contribution is 2.25. The third-order valence-electron chi connectivity index (χ3n) is 0.512. The van der Waals surface area contributed by atoms with Gasteiger partial charge in [0.05, 0.1) is 0 Å². The van der Waals surface area contributed by atoms with Crippen molar-refractivity contribution < 1.29 is 24.4 Å². The fourth-order valence-electron chi connectivity index (χ4n) is 0.158. The van der Waals surface area contributed by atoms with Crippen molar-refractivity contribution >= 4 is 7.82 Å². The fourth-order valence-corrected chi connectivity index (χ4v) is 0.158. The van der Waals surface area contributed by atoms with E-state index in [0.29, 0.717) is 6.61 Å². The topological polar surface area (TPSA) is 98.0 Å². The minimum Gasteiger partial charge on any atom is -0.396 e. The van der Waals surface area contributed by atoms with E-state index in [2.05, 4.69) is 6.92 Å². The monoisotopic (exact) mass is 172 g/mol. The van der Waals surface area contributed by atoms with Gasteiger partial charge in [0.25, 0.3) is 0 Å². The lowest BCUT2D eigenvalue weighted by Gasteiger charge is -1.82. The SMILES string of the molecule is CCCCO.O=P(O)(O)O. The second kappa shape index (κ2) is 7.18. The van der Waals surface area contributed by atoms with Crippen LogP contribution in [0.5, 0.6) is 0 Å². The Kier molecular flexibility index (Phi) is 9.13. The van der Waals surface area contributed by atoms with Gasteiger partial charge in [-0.3, -0.25) is 0 Å². The Morgan fingerprint density at radius 3 is 1.60 bits per heavy atom. The second-order valence-electron chi connectivity index (χ2n) is 1.59. The van der Waals surface area contributed by atoms with E-state index < -0.39 is 7.82 Å². The first-order chi connectivity index (χ1) is 4.41. The molecule has 0 spiro atoms. The van der Waals surface area contributed by atoms with Gasteiger partial charge in [0.1, 0.15) is 0 Å². The average Bonchev–Trinajstić information content (AvgIpc) is 1.63. The third-order valence-corrected chi connectivity index (χ3v) is 0.512. The van der Waals surface area contributed by atoms with Gasteiger partial charge in [-0.25, -0.2) is 4.57 Å². The molecule has 0 aromatic rings. The molecular formula is C4H13O5P. The van der Waals surface area contributed by atoms with Crippen molar-refractivity contribution in [3.63, 3.8) is 0 Å². The van der Waals surface area contributed by atoms with Gasteiger partial charge in [-0.15, -0.1) is 0 Å². The van der Waals surface area contributed by atoms with E-state index in [1.807, 2.05) is 0 Å². The third kappa shape index (κ3) is 94.1. The number of hydrogen-bond donors (Lipinski definition) is 4. The Bertz CT molecular complexity index is 87.6. The van der Waals surface area contributed by atoms with Crippen LogP contribution in [0.2, 0.25) is 0 Å². The highest BCUT2D eigenvalue weighted by atomic mass is 31.2.